The lowest BCUT2D eigenvalue weighted by Gasteiger charge is -2.31. The van der Waals surface area contributed by atoms with Crippen LogP contribution in [0, 0.1) is 5.92 Å². The highest BCUT2D eigenvalue weighted by Gasteiger charge is 2.31. The molecule has 1 N–H and O–H groups in total. The molecule has 0 spiro atoms. The average Bonchev–Trinajstić information content (AvgIpc) is 2.55. The fraction of sp³-hybridized carbons (Fsp3) is 0.588. The molecular weight excluding hydrogens is 312 g/mol. The second-order valence-electron chi connectivity index (χ2n) is 6.33. The van der Waals surface area contributed by atoms with Gasteiger partial charge in [-0.25, -0.2) is 12.7 Å². The van der Waals surface area contributed by atoms with Crippen molar-refractivity contribution >= 4 is 21.6 Å². The molecule has 0 saturated carbocycles. The van der Waals surface area contributed by atoms with Gasteiger partial charge in [-0.1, -0.05) is 32.0 Å². The number of sulfonamides is 1. The van der Waals surface area contributed by atoms with Gasteiger partial charge in [0.1, 0.15) is 0 Å². The molecule has 0 unspecified atom stereocenters. The van der Waals surface area contributed by atoms with Crippen molar-refractivity contribution < 1.29 is 13.2 Å². The van der Waals surface area contributed by atoms with E-state index in [1.54, 1.807) is 6.92 Å². The molecule has 5 nitrogen and oxygen atoms in total. The van der Waals surface area contributed by atoms with Gasteiger partial charge in [0.15, 0.2) is 0 Å². The quantitative estimate of drug-likeness (QED) is 0.898. The smallest absolute Gasteiger partial charge is 0.228 e. The number of amides is 1. The number of benzene rings is 1. The van der Waals surface area contributed by atoms with E-state index in [1.807, 2.05) is 24.3 Å². The molecule has 1 aliphatic heterocycles. The van der Waals surface area contributed by atoms with Crippen molar-refractivity contribution in [1.82, 2.24) is 4.31 Å². The zero-order valence-electron chi connectivity index (χ0n) is 14.1. The zero-order chi connectivity index (χ0) is 17.0. The minimum absolute atomic E-state index is 0.0809. The van der Waals surface area contributed by atoms with Crippen LogP contribution in [0.3, 0.4) is 0 Å². The van der Waals surface area contributed by atoms with Crippen LogP contribution in [-0.2, 0) is 14.8 Å². The SMILES string of the molecule is CCS(=O)(=O)N1CCC[C@H](C(=O)Nc2ccccc2C(C)C)C1. The summed E-state index contributed by atoms with van der Waals surface area (Å²) in [7, 11) is -3.23. The lowest BCUT2D eigenvalue weighted by atomic mass is 9.97. The Morgan fingerprint density at radius 1 is 1.35 bits per heavy atom. The van der Waals surface area contributed by atoms with Crippen LogP contribution in [0.4, 0.5) is 5.69 Å². The average molecular weight is 338 g/mol. The highest BCUT2D eigenvalue weighted by Crippen LogP contribution is 2.26. The van der Waals surface area contributed by atoms with E-state index in [0.717, 1.165) is 24.1 Å². The first-order valence-electron chi connectivity index (χ1n) is 8.22. The molecule has 0 aliphatic carbocycles. The molecule has 0 aromatic heterocycles. The van der Waals surface area contributed by atoms with Crippen LogP contribution in [0.2, 0.25) is 0 Å². The Labute approximate surface area is 139 Å². The Morgan fingerprint density at radius 3 is 2.70 bits per heavy atom. The monoisotopic (exact) mass is 338 g/mol. The zero-order valence-corrected chi connectivity index (χ0v) is 14.9. The van der Waals surface area contributed by atoms with Crippen molar-refractivity contribution in [1.29, 1.82) is 0 Å². The van der Waals surface area contributed by atoms with Gasteiger partial charge in [0.2, 0.25) is 15.9 Å². The third-order valence-electron chi connectivity index (χ3n) is 4.35. The van der Waals surface area contributed by atoms with E-state index in [9.17, 15) is 13.2 Å². The van der Waals surface area contributed by atoms with Crippen LogP contribution >= 0.6 is 0 Å². The van der Waals surface area contributed by atoms with Crippen LogP contribution in [0.25, 0.3) is 0 Å². The summed E-state index contributed by atoms with van der Waals surface area (Å²) in [5, 5.41) is 2.99. The Kier molecular flexibility index (Phi) is 5.81. The molecule has 23 heavy (non-hydrogen) atoms. The van der Waals surface area contributed by atoms with E-state index in [1.165, 1.54) is 4.31 Å². The molecule has 0 bridgehead atoms. The summed E-state index contributed by atoms with van der Waals surface area (Å²) in [5.74, 6) is 0.0200. The molecule has 1 fully saturated rings. The van der Waals surface area contributed by atoms with Gasteiger partial charge in [0.05, 0.1) is 11.7 Å². The van der Waals surface area contributed by atoms with Crippen LogP contribution in [0.5, 0.6) is 0 Å². The van der Waals surface area contributed by atoms with Gasteiger partial charge in [-0.15, -0.1) is 0 Å². The van der Waals surface area contributed by atoms with Gasteiger partial charge < -0.3 is 5.32 Å². The third-order valence-corrected chi connectivity index (χ3v) is 6.20. The highest BCUT2D eigenvalue weighted by atomic mass is 32.2. The molecule has 128 valence electrons. The maximum absolute atomic E-state index is 12.6. The van der Waals surface area contributed by atoms with Crippen LogP contribution in [-0.4, -0.2) is 37.5 Å². The lowest BCUT2D eigenvalue weighted by molar-refractivity contribution is -0.120. The molecular formula is C17H26N2O3S. The summed E-state index contributed by atoms with van der Waals surface area (Å²) >= 11 is 0. The summed E-state index contributed by atoms with van der Waals surface area (Å²) in [6.45, 7) is 6.61. The van der Waals surface area contributed by atoms with Gasteiger partial charge in [0.25, 0.3) is 0 Å². The first-order valence-corrected chi connectivity index (χ1v) is 9.83. The van der Waals surface area contributed by atoms with E-state index in [0.29, 0.717) is 12.5 Å². The van der Waals surface area contributed by atoms with Gasteiger partial charge in [-0.05, 0) is 37.3 Å². The van der Waals surface area contributed by atoms with E-state index < -0.39 is 10.0 Å². The van der Waals surface area contributed by atoms with Crippen molar-refractivity contribution in [2.24, 2.45) is 5.92 Å². The minimum atomic E-state index is -3.23. The maximum Gasteiger partial charge on any atom is 0.228 e. The van der Waals surface area contributed by atoms with Crippen molar-refractivity contribution in [3.8, 4) is 0 Å². The van der Waals surface area contributed by atoms with Crippen molar-refractivity contribution in [3.05, 3.63) is 29.8 Å². The molecule has 1 aromatic rings. The summed E-state index contributed by atoms with van der Waals surface area (Å²) < 4.78 is 25.5. The molecule has 1 aliphatic rings. The number of carbonyl (C=O) groups excluding carboxylic acids is 1. The van der Waals surface area contributed by atoms with E-state index in [2.05, 4.69) is 19.2 Å². The summed E-state index contributed by atoms with van der Waals surface area (Å²) in [4.78, 5) is 12.6. The Hall–Kier alpha value is -1.40. The second kappa shape index (κ2) is 7.45. The fourth-order valence-corrected chi connectivity index (χ4v) is 4.12. The molecule has 1 saturated heterocycles. The van der Waals surface area contributed by atoms with Gasteiger partial charge in [0, 0.05) is 18.8 Å². The Morgan fingerprint density at radius 2 is 2.04 bits per heavy atom. The topological polar surface area (TPSA) is 66.5 Å². The molecule has 0 radical (unpaired) electrons. The van der Waals surface area contributed by atoms with E-state index in [4.69, 9.17) is 0 Å². The number of nitrogens with one attached hydrogen (secondary N) is 1. The summed E-state index contributed by atoms with van der Waals surface area (Å²) in [5.41, 5.74) is 1.91. The predicted octanol–water partition coefficient (Wildman–Crippen LogP) is 2.81. The number of rotatable bonds is 5. The molecule has 1 atom stereocenters. The third kappa shape index (κ3) is 4.32. The number of hydrogen-bond acceptors (Lipinski definition) is 3. The highest BCUT2D eigenvalue weighted by molar-refractivity contribution is 7.89. The maximum atomic E-state index is 12.6. The van der Waals surface area contributed by atoms with E-state index >= 15 is 0 Å². The van der Waals surface area contributed by atoms with Gasteiger partial charge >= 0.3 is 0 Å². The number of piperidine rings is 1. The number of anilines is 1. The van der Waals surface area contributed by atoms with E-state index in [-0.39, 0.29) is 24.1 Å². The number of para-hydroxylation sites is 1. The normalized spacial score (nSPS) is 19.7. The van der Waals surface area contributed by atoms with Crippen LogP contribution in [0.15, 0.2) is 24.3 Å². The van der Waals surface area contributed by atoms with Crippen molar-refractivity contribution in [2.75, 3.05) is 24.2 Å². The molecule has 1 aromatic carbocycles. The lowest BCUT2D eigenvalue weighted by Crippen LogP contribution is -2.44. The minimum Gasteiger partial charge on any atom is -0.326 e. The Balaban J connectivity index is 2.09. The summed E-state index contributed by atoms with van der Waals surface area (Å²) in [6, 6.07) is 7.77. The largest absolute Gasteiger partial charge is 0.326 e. The Bertz CT molecular complexity index is 656. The first-order chi connectivity index (χ1) is 10.8. The van der Waals surface area contributed by atoms with Crippen LogP contribution in [0.1, 0.15) is 45.1 Å². The van der Waals surface area contributed by atoms with Gasteiger partial charge in [-0.3, -0.25) is 4.79 Å². The summed E-state index contributed by atoms with van der Waals surface area (Å²) in [6.07, 6.45) is 1.45. The van der Waals surface area contributed by atoms with Gasteiger partial charge in [-0.2, -0.15) is 0 Å². The molecule has 1 amide bonds. The van der Waals surface area contributed by atoms with Crippen molar-refractivity contribution in [2.45, 2.75) is 39.5 Å². The fourth-order valence-electron chi connectivity index (χ4n) is 2.94. The number of carbonyl (C=O) groups is 1. The molecule has 6 heteroatoms. The number of nitrogens with zero attached hydrogens (tertiary/aromatic N) is 1. The van der Waals surface area contributed by atoms with Crippen LogP contribution < -0.4 is 5.32 Å². The predicted molar refractivity (Wildman–Crippen MR) is 92.9 cm³/mol. The second-order valence-corrected chi connectivity index (χ2v) is 8.59. The number of hydrogen-bond donors (Lipinski definition) is 1. The first kappa shape index (κ1) is 17.9. The standard InChI is InChI=1S/C17H26N2O3S/c1-4-23(21,22)19-11-7-8-14(12-19)17(20)18-16-10-6-5-9-15(16)13(2)3/h5-6,9-10,13-14H,4,7-8,11-12H2,1-3H3,(H,18,20)/t14-/m0/s1. The molecule has 1 heterocycles. The van der Waals surface area contributed by atoms with Crippen molar-refractivity contribution in [3.63, 3.8) is 0 Å². The molecule has 2 rings (SSSR count).